The number of hydrogen-bond acceptors (Lipinski definition) is 3. The average molecular weight is 425 g/mol. The molecule has 1 rings (SSSR count). The fraction of sp³-hybridized carbons (Fsp3) is 0.500. The normalized spacial score (nSPS) is 11.7. The molecule has 0 aliphatic heterocycles. The van der Waals surface area contributed by atoms with Gasteiger partial charge in [0.2, 0.25) is 0 Å². The van der Waals surface area contributed by atoms with Crippen molar-refractivity contribution in [2.24, 2.45) is 4.99 Å². The van der Waals surface area contributed by atoms with E-state index in [-0.39, 0.29) is 29.7 Å². The van der Waals surface area contributed by atoms with Crippen molar-refractivity contribution in [2.45, 2.75) is 20.4 Å². The number of aryl methyl sites for hydroxylation is 1. The lowest BCUT2D eigenvalue weighted by Gasteiger charge is -2.11. The van der Waals surface area contributed by atoms with Gasteiger partial charge in [-0.05, 0) is 25.0 Å². The van der Waals surface area contributed by atoms with Crippen molar-refractivity contribution in [1.82, 2.24) is 10.6 Å². The minimum Gasteiger partial charge on any atom is -0.357 e. The van der Waals surface area contributed by atoms with Crippen molar-refractivity contribution in [3.8, 4) is 0 Å². The van der Waals surface area contributed by atoms with Crippen LogP contribution in [-0.4, -0.2) is 39.5 Å². The molecule has 0 heterocycles. The van der Waals surface area contributed by atoms with Crippen molar-refractivity contribution in [1.29, 1.82) is 0 Å². The van der Waals surface area contributed by atoms with Gasteiger partial charge < -0.3 is 10.6 Å². The molecule has 0 fully saturated rings. The minimum absolute atomic E-state index is 0. The Morgan fingerprint density at radius 3 is 2.48 bits per heavy atom. The zero-order valence-electron chi connectivity index (χ0n) is 12.7. The summed E-state index contributed by atoms with van der Waals surface area (Å²) in [7, 11) is -2.95. The summed E-state index contributed by atoms with van der Waals surface area (Å²) in [5.41, 5.74) is 2.36. The van der Waals surface area contributed by atoms with Crippen LogP contribution in [0.2, 0.25) is 0 Å². The van der Waals surface area contributed by atoms with E-state index in [1.165, 1.54) is 11.8 Å². The maximum atomic E-state index is 11.1. The largest absolute Gasteiger partial charge is 0.357 e. The van der Waals surface area contributed by atoms with E-state index in [1.807, 2.05) is 25.1 Å². The molecule has 0 aliphatic rings. The molecule has 0 saturated heterocycles. The molecule has 0 unspecified atom stereocenters. The number of halogens is 1. The zero-order valence-corrected chi connectivity index (χ0v) is 15.9. The summed E-state index contributed by atoms with van der Waals surface area (Å²) >= 11 is 0. The predicted octanol–water partition coefficient (Wildman–Crippen LogP) is 1.71. The lowest BCUT2D eigenvalue weighted by molar-refractivity contribution is 0.600. The van der Waals surface area contributed by atoms with Crippen LogP contribution in [0, 0.1) is 6.92 Å². The van der Waals surface area contributed by atoms with Gasteiger partial charge in [0, 0.05) is 19.3 Å². The van der Waals surface area contributed by atoms with E-state index in [0.29, 0.717) is 19.0 Å². The van der Waals surface area contributed by atoms with E-state index in [9.17, 15) is 8.42 Å². The van der Waals surface area contributed by atoms with Gasteiger partial charge in [-0.15, -0.1) is 24.0 Å². The van der Waals surface area contributed by atoms with Crippen LogP contribution < -0.4 is 10.6 Å². The third kappa shape index (κ3) is 8.92. The molecule has 1 aromatic carbocycles. The summed E-state index contributed by atoms with van der Waals surface area (Å²) in [6, 6.07) is 8.08. The molecule has 0 amide bonds. The number of benzene rings is 1. The molecule has 0 bridgehead atoms. The second kappa shape index (κ2) is 9.99. The number of aliphatic imine (C=N–C) groups is 1. The van der Waals surface area contributed by atoms with E-state index < -0.39 is 9.84 Å². The highest BCUT2D eigenvalue weighted by Crippen LogP contribution is 2.07. The Morgan fingerprint density at radius 2 is 1.90 bits per heavy atom. The van der Waals surface area contributed by atoms with Crippen molar-refractivity contribution in [3.63, 3.8) is 0 Å². The molecule has 5 nitrogen and oxygen atoms in total. The van der Waals surface area contributed by atoms with Crippen LogP contribution in [0.5, 0.6) is 0 Å². The van der Waals surface area contributed by atoms with Gasteiger partial charge in [0.1, 0.15) is 9.84 Å². The van der Waals surface area contributed by atoms with Gasteiger partial charge in [-0.25, -0.2) is 13.4 Å². The Labute approximate surface area is 144 Å². The number of nitrogens with one attached hydrogen (secondary N) is 2. The molecule has 2 N–H and O–H groups in total. The summed E-state index contributed by atoms with van der Waals surface area (Å²) in [6.07, 6.45) is 1.23. The molecule has 21 heavy (non-hydrogen) atoms. The molecule has 0 aliphatic carbocycles. The van der Waals surface area contributed by atoms with E-state index in [1.54, 1.807) is 0 Å². The smallest absolute Gasteiger partial charge is 0.191 e. The fourth-order valence-corrected chi connectivity index (χ4v) is 2.12. The van der Waals surface area contributed by atoms with Gasteiger partial charge in [-0.2, -0.15) is 0 Å². The molecule has 120 valence electrons. The highest BCUT2D eigenvalue weighted by atomic mass is 127. The molecule has 0 spiro atoms. The molecule has 0 radical (unpaired) electrons. The van der Waals surface area contributed by atoms with Crippen LogP contribution in [0.15, 0.2) is 29.3 Å². The molecule has 7 heteroatoms. The van der Waals surface area contributed by atoms with Crippen molar-refractivity contribution in [3.05, 3.63) is 35.4 Å². The number of sulfone groups is 1. The molecular formula is C14H24IN3O2S. The molecular weight excluding hydrogens is 401 g/mol. The Morgan fingerprint density at radius 1 is 1.24 bits per heavy atom. The highest BCUT2D eigenvalue weighted by molar-refractivity contribution is 14.0. The molecule has 0 aromatic heterocycles. The standard InChI is InChI=1S/C14H23N3O2S.HI/c1-4-15-14(16-9-10-20(3,18)19)17-11-13-8-6-5-7-12(13)2;/h5-8H,4,9-11H2,1-3H3,(H2,15,16,17);1H. The van der Waals surface area contributed by atoms with Gasteiger partial charge in [-0.1, -0.05) is 24.3 Å². The number of nitrogens with zero attached hydrogens (tertiary/aromatic N) is 1. The Hall–Kier alpha value is -0.830. The summed E-state index contributed by atoms with van der Waals surface area (Å²) in [4.78, 5) is 4.46. The molecule has 1 aromatic rings. The van der Waals surface area contributed by atoms with Crippen LogP contribution in [0.3, 0.4) is 0 Å². The minimum atomic E-state index is -2.95. The Balaban J connectivity index is 0.00000400. The summed E-state index contributed by atoms with van der Waals surface area (Å²) in [5, 5.41) is 6.13. The predicted molar refractivity (Wildman–Crippen MR) is 99.1 cm³/mol. The maximum Gasteiger partial charge on any atom is 0.191 e. The average Bonchev–Trinajstić information content (AvgIpc) is 2.36. The zero-order chi connectivity index (χ0) is 15.0. The first kappa shape index (κ1) is 20.2. The van der Waals surface area contributed by atoms with Crippen molar-refractivity contribution in [2.75, 3.05) is 25.1 Å². The van der Waals surface area contributed by atoms with Crippen LogP contribution in [0.25, 0.3) is 0 Å². The second-order valence-corrected chi connectivity index (χ2v) is 6.94. The van der Waals surface area contributed by atoms with Crippen LogP contribution in [-0.2, 0) is 16.4 Å². The van der Waals surface area contributed by atoms with Gasteiger partial charge in [-0.3, -0.25) is 0 Å². The third-order valence-electron chi connectivity index (χ3n) is 2.78. The monoisotopic (exact) mass is 425 g/mol. The number of rotatable bonds is 6. The van der Waals surface area contributed by atoms with Gasteiger partial charge >= 0.3 is 0 Å². The van der Waals surface area contributed by atoms with Crippen molar-refractivity contribution < 1.29 is 8.42 Å². The number of guanidine groups is 1. The third-order valence-corrected chi connectivity index (χ3v) is 3.72. The highest BCUT2D eigenvalue weighted by Gasteiger charge is 2.03. The first-order valence-electron chi connectivity index (χ1n) is 6.67. The SMILES string of the molecule is CCNC(=NCc1ccccc1C)NCCS(C)(=O)=O.I. The summed E-state index contributed by atoms with van der Waals surface area (Å²) in [5.74, 6) is 0.737. The second-order valence-electron chi connectivity index (χ2n) is 4.68. The summed E-state index contributed by atoms with van der Waals surface area (Å²) < 4.78 is 22.2. The van der Waals surface area contributed by atoms with E-state index in [0.717, 1.165) is 12.1 Å². The first-order chi connectivity index (χ1) is 9.42. The number of hydrogen-bond donors (Lipinski definition) is 2. The first-order valence-corrected chi connectivity index (χ1v) is 8.73. The fourth-order valence-electron chi connectivity index (χ4n) is 1.65. The van der Waals surface area contributed by atoms with Crippen molar-refractivity contribution >= 4 is 39.8 Å². The van der Waals surface area contributed by atoms with E-state index in [4.69, 9.17) is 0 Å². The maximum absolute atomic E-state index is 11.1. The van der Waals surface area contributed by atoms with Crippen LogP contribution in [0.4, 0.5) is 0 Å². The Kier molecular flexibility index (Phi) is 9.60. The van der Waals surface area contributed by atoms with Gasteiger partial charge in [0.15, 0.2) is 5.96 Å². The van der Waals surface area contributed by atoms with Crippen LogP contribution >= 0.6 is 24.0 Å². The lowest BCUT2D eigenvalue weighted by atomic mass is 10.1. The molecule has 0 saturated carbocycles. The van der Waals surface area contributed by atoms with Crippen LogP contribution in [0.1, 0.15) is 18.1 Å². The van der Waals surface area contributed by atoms with Gasteiger partial charge in [0.25, 0.3) is 0 Å². The lowest BCUT2D eigenvalue weighted by Crippen LogP contribution is -2.39. The topological polar surface area (TPSA) is 70.6 Å². The quantitative estimate of drug-likeness (QED) is 0.414. The van der Waals surface area contributed by atoms with E-state index in [2.05, 4.69) is 28.6 Å². The molecule has 0 atom stereocenters. The van der Waals surface area contributed by atoms with E-state index >= 15 is 0 Å². The Bertz CT molecular complexity index is 559. The van der Waals surface area contributed by atoms with Gasteiger partial charge in [0.05, 0.1) is 12.3 Å². The summed E-state index contributed by atoms with van der Waals surface area (Å²) in [6.45, 7) is 5.69.